The van der Waals surface area contributed by atoms with Crippen molar-refractivity contribution in [3.05, 3.63) is 81.1 Å². The Kier molecular flexibility index (Phi) is 5.22. The molecule has 1 amide bonds. The van der Waals surface area contributed by atoms with Crippen molar-refractivity contribution in [2.75, 3.05) is 4.90 Å². The third-order valence-corrected chi connectivity index (χ3v) is 5.61. The highest BCUT2D eigenvalue weighted by molar-refractivity contribution is 9.10. The summed E-state index contributed by atoms with van der Waals surface area (Å²) in [5, 5.41) is 7.14. The molecule has 0 saturated heterocycles. The highest BCUT2D eigenvalue weighted by Crippen LogP contribution is 2.44. The van der Waals surface area contributed by atoms with Crippen LogP contribution in [-0.4, -0.2) is 16.1 Å². The number of benzene rings is 2. The molecule has 0 radical (unpaired) electrons. The SMILES string of the molecule is CC(C)Cc1n[nH]c2c1C(c1cccc(C(F)(F)F)c1)N(c1ccc(Br)cc1)C2=O. The standard InChI is InChI=1S/C22H19BrF3N3O/c1-12(2)10-17-18-19(28-27-17)21(30)29(16-8-6-15(23)7-9-16)20(18)13-4-3-5-14(11-13)22(24,25)26/h3-9,11-12,20H,10H2,1-2H3,(H,27,28). The molecule has 2 heterocycles. The molecule has 0 bridgehead atoms. The third kappa shape index (κ3) is 3.64. The van der Waals surface area contributed by atoms with Gasteiger partial charge in [0, 0.05) is 15.7 Å². The maximum atomic E-state index is 13.4. The van der Waals surface area contributed by atoms with Gasteiger partial charge in [0.1, 0.15) is 5.69 Å². The van der Waals surface area contributed by atoms with E-state index in [1.54, 1.807) is 30.3 Å². The van der Waals surface area contributed by atoms with Gasteiger partial charge in [-0.2, -0.15) is 18.3 Å². The van der Waals surface area contributed by atoms with Crippen LogP contribution < -0.4 is 4.90 Å². The minimum atomic E-state index is -4.47. The first-order valence-electron chi connectivity index (χ1n) is 9.50. The Morgan fingerprint density at radius 3 is 2.50 bits per heavy atom. The first-order chi connectivity index (χ1) is 14.2. The molecule has 1 unspecified atom stereocenters. The van der Waals surface area contributed by atoms with Crippen molar-refractivity contribution >= 4 is 27.5 Å². The Labute approximate surface area is 180 Å². The van der Waals surface area contributed by atoms with Crippen LogP contribution >= 0.6 is 15.9 Å². The lowest BCUT2D eigenvalue weighted by atomic mass is 9.94. The number of carbonyl (C=O) groups excluding carboxylic acids is 1. The molecule has 0 fully saturated rings. The van der Waals surface area contributed by atoms with E-state index < -0.39 is 17.8 Å². The molecule has 4 nitrogen and oxygen atoms in total. The maximum absolute atomic E-state index is 13.4. The van der Waals surface area contributed by atoms with Crippen molar-refractivity contribution in [3.63, 3.8) is 0 Å². The highest BCUT2D eigenvalue weighted by atomic mass is 79.9. The van der Waals surface area contributed by atoms with Crippen molar-refractivity contribution in [1.29, 1.82) is 0 Å². The average Bonchev–Trinajstić information content (AvgIpc) is 3.21. The van der Waals surface area contributed by atoms with Gasteiger partial charge in [-0.1, -0.05) is 41.9 Å². The number of H-pyrrole nitrogens is 1. The van der Waals surface area contributed by atoms with Crippen LogP contribution in [0.2, 0.25) is 0 Å². The van der Waals surface area contributed by atoms with Gasteiger partial charge in [-0.25, -0.2) is 0 Å². The number of nitrogens with zero attached hydrogens (tertiary/aromatic N) is 2. The van der Waals surface area contributed by atoms with Gasteiger partial charge in [0.2, 0.25) is 0 Å². The van der Waals surface area contributed by atoms with Crippen LogP contribution in [0.25, 0.3) is 0 Å². The second-order valence-electron chi connectivity index (χ2n) is 7.73. The first-order valence-corrected chi connectivity index (χ1v) is 10.3. The molecule has 3 aromatic rings. The lowest BCUT2D eigenvalue weighted by molar-refractivity contribution is -0.137. The van der Waals surface area contributed by atoms with Gasteiger partial charge < -0.3 is 0 Å². The zero-order chi connectivity index (χ0) is 21.6. The molecule has 156 valence electrons. The van der Waals surface area contributed by atoms with Crippen LogP contribution in [0.15, 0.2) is 53.0 Å². The molecular formula is C22H19BrF3N3O. The largest absolute Gasteiger partial charge is 0.416 e. The predicted molar refractivity (Wildman–Crippen MR) is 111 cm³/mol. The molecule has 4 rings (SSSR count). The van der Waals surface area contributed by atoms with E-state index >= 15 is 0 Å². The minimum Gasteiger partial charge on any atom is -0.295 e. The first kappa shape index (κ1) is 20.7. The second-order valence-corrected chi connectivity index (χ2v) is 8.65. The number of aromatic nitrogens is 2. The monoisotopic (exact) mass is 477 g/mol. The van der Waals surface area contributed by atoms with Crippen molar-refractivity contribution < 1.29 is 18.0 Å². The number of carbonyl (C=O) groups is 1. The summed E-state index contributed by atoms with van der Waals surface area (Å²) in [7, 11) is 0. The smallest absolute Gasteiger partial charge is 0.295 e. The summed E-state index contributed by atoms with van der Waals surface area (Å²) in [5.41, 5.74) is 1.94. The van der Waals surface area contributed by atoms with E-state index in [4.69, 9.17) is 0 Å². The number of alkyl halides is 3. The fourth-order valence-electron chi connectivity index (χ4n) is 3.82. The van der Waals surface area contributed by atoms with E-state index in [-0.39, 0.29) is 11.8 Å². The summed E-state index contributed by atoms with van der Waals surface area (Å²) in [6.07, 6.45) is -3.86. The van der Waals surface area contributed by atoms with Gasteiger partial charge in [-0.15, -0.1) is 0 Å². The highest BCUT2D eigenvalue weighted by Gasteiger charge is 2.43. The minimum absolute atomic E-state index is 0.274. The van der Waals surface area contributed by atoms with Crippen LogP contribution in [-0.2, 0) is 12.6 Å². The van der Waals surface area contributed by atoms with Crippen LogP contribution in [0.4, 0.5) is 18.9 Å². The lowest BCUT2D eigenvalue weighted by Crippen LogP contribution is -2.29. The summed E-state index contributed by atoms with van der Waals surface area (Å²) in [6, 6.07) is 11.6. The molecule has 1 aliphatic rings. The normalized spacial score (nSPS) is 16.4. The molecule has 8 heteroatoms. The van der Waals surface area contributed by atoms with E-state index in [9.17, 15) is 18.0 Å². The average molecular weight is 478 g/mol. The van der Waals surface area contributed by atoms with E-state index in [0.29, 0.717) is 34.6 Å². The summed E-state index contributed by atoms with van der Waals surface area (Å²) in [4.78, 5) is 14.8. The number of hydrogen-bond donors (Lipinski definition) is 1. The maximum Gasteiger partial charge on any atom is 0.416 e. The zero-order valence-corrected chi connectivity index (χ0v) is 17.9. The van der Waals surface area contributed by atoms with Gasteiger partial charge in [-0.05, 0) is 54.3 Å². The molecule has 0 saturated carbocycles. The number of anilines is 1. The predicted octanol–water partition coefficient (Wildman–Crippen LogP) is 6.14. The number of rotatable bonds is 4. The number of hydrogen-bond acceptors (Lipinski definition) is 2. The van der Waals surface area contributed by atoms with Crippen molar-refractivity contribution in [2.24, 2.45) is 5.92 Å². The molecule has 1 aromatic heterocycles. The van der Waals surface area contributed by atoms with E-state index in [1.807, 2.05) is 13.8 Å². The molecule has 0 spiro atoms. The van der Waals surface area contributed by atoms with Crippen LogP contribution in [0.5, 0.6) is 0 Å². The van der Waals surface area contributed by atoms with Crippen molar-refractivity contribution in [3.8, 4) is 0 Å². The number of aromatic amines is 1. The molecule has 30 heavy (non-hydrogen) atoms. The van der Waals surface area contributed by atoms with Crippen LogP contribution in [0.1, 0.15) is 52.8 Å². The van der Waals surface area contributed by atoms with Crippen LogP contribution in [0, 0.1) is 5.92 Å². The number of amides is 1. The van der Waals surface area contributed by atoms with Gasteiger partial charge in [0.25, 0.3) is 5.91 Å². The molecule has 2 aromatic carbocycles. The summed E-state index contributed by atoms with van der Waals surface area (Å²) < 4.78 is 41.0. The van der Waals surface area contributed by atoms with Crippen molar-refractivity contribution in [2.45, 2.75) is 32.5 Å². The van der Waals surface area contributed by atoms with E-state index in [2.05, 4.69) is 26.1 Å². The number of nitrogens with one attached hydrogen (secondary N) is 1. The Hall–Kier alpha value is -2.61. The Morgan fingerprint density at radius 1 is 1.17 bits per heavy atom. The Morgan fingerprint density at radius 2 is 1.87 bits per heavy atom. The number of halogens is 4. The summed E-state index contributed by atoms with van der Waals surface area (Å²) in [6.45, 7) is 4.06. The van der Waals surface area contributed by atoms with Crippen LogP contribution in [0.3, 0.4) is 0 Å². The molecule has 1 N–H and O–H groups in total. The van der Waals surface area contributed by atoms with Gasteiger partial charge in [0.05, 0.1) is 17.3 Å². The fraction of sp³-hybridized carbons (Fsp3) is 0.273. The van der Waals surface area contributed by atoms with Crippen molar-refractivity contribution in [1.82, 2.24) is 10.2 Å². The van der Waals surface area contributed by atoms with Gasteiger partial charge in [-0.3, -0.25) is 14.8 Å². The Balaban J connectivity index is 1.90. The molecular weight excluding hydrogens is 459 g/mol. The van der Waals surface area contributed by atoms with E-state index in [0.717, 1.165) is 16.6 Å². The summed E-state index contributed by atoms with van der Waals surface area (Å²) >= 11 is 3.38. The quantitative estimate of drug-likeness (QED) is 0.490. The van der Waals surface area contributed by atoms with E-state index in [1.165, 1.54) is 11.0 Å². The second kappa shape index (κ2) is 7.58. The Bertz CT molecular complexity index is 1090. The molecule has 0 aliphatic carbocycles. The fourth-order valence-corrected chi connectivity index (χ4v) is 4.09. The summed E-state index contributed by atoms with van der Waals surface area (Å²) in [5.74, 6) is -0.0337. The number of fused-ring (bicyclic) bond motifs is 1. The zero-order valence-electron chi connectivity index (χ0n) is 16.3. The molecule has 1 aliphatic heterocycles. The van der Waals surface area contributed by atoms with Gasteiger partial charge >= 0.3 is 6.18 Å². The third-order valence-electron chi connectivity index (χ3n) is 5.08. The lowest BCUT2D eigenvalue weighted by Gasteiger charge is -2.27. The topological polar surface area (TPSA) is 49.0 Å². The van der Waals surface area contributed by atoms with Gasteiger partial charge in [0.15, 0.2) is 0 Å². The molecule has 1 atom stereocenters.